The fourth-order valence-electron chi connectivity index (χ4n) is 3.54. The SMILES string of the molecule is NCC1CCCCC1COCC1CSc2ccccc21. The average molecular weight is 291 g/mol. The number of hydrogen-bond donors (Lipinski definition) is 1. The third-order valence-corrected chi connectivity index (χ3v) is 6.07. The van der Waals surface area contributed by atoms with Crippen LogP contribution in [0.15, 0.2) is 29.2 Å². The molecule has 0 bridgehead atoms. The van der Waals surface area contributed by atoms with Gasteiger partial charge in [-0.1, -0.05) is 31.0 Å². The van der Waals surface area contributed by atoms with Gasteiger partial charge in [-0.25, -0.2) is 0 Å². The van der Waals surface area contributed by atoms with Crippen molar-refractivity contribution in [2.75, 3.05) is 25.5 Å². The van der Waals surface area contributed by atoms with Gasteiger partial charge in [0.2, 0.25) is 0 Å². The molecule has 1 fully saturated rings. The molecule has 1 aromatic carbocycles. The van der Waals surface area contributed by atoms with E-state index in [4.69, 9.17) is 10.5 Å². The highest BCUT2D eigenvalue weighted by Gasteiger charge is 2.26. The number of ether oxygens (including phenoxy) is 1. The lowest BCUT2D eigenvalue weighted by molar-refractivity contribution is 0.0556. The quantitative estimate of drug-likeness (QED) is 0.899. The van der Waals surface area contributed by atoms with Crippen molar-refractivity contribution < 1.29 is 4.74 Å². The van der Waals surface area contributed by atoms with Gasteiger partial charge in [0.1, 0.15) is 0 Å². The molecule has 2 N–H and O–H groups in total. The van der Waals surface area contributed by atoms with Crippen LogP contribution in [0.5, 0.6) is 0 Å². The van der Waals surface area contributed by atoms with E-state index >= 15 is 0 Å². The molecule has 0 amide bonds. The van der Waals surface area contributed by atoms with E-state index in [1.54, 1.807) is 0 Å². The minimum absolute atomic E-state index is 0.580. The summed E-state index contributed by atoms with van der Waals surface area (Å²) in [6, 6.07) is 8.75. The molecule has 20 heavy (non-hydrogen) atoms. The Hall–Kier alpha value is -0.510. The zero-order valence-electron chi connectivity index (χ0n) is 12.1. The Labute approximate surface area is 126 Å². The minimum Gasteiger partial charge on any atom is -0.380 e. The van der Waals surface area contributed by atoms with Gasteiger partial charge in [0, 0.05) is 23.2 Å². The van der Waals surface area contributed by atoms with E-state index in [2.05, 4.69) is 24.3 Å². The molecule has 3 rings (SSSR count). The van der Waals surface area contributed by atoms with E-state index in [0.29, 0.717) is 17.8 Å². The Balaban J connectivity index is 1.48. The fourth-order valence-corrected chi connectivity index (χ4v) is 4.78. The molecule has 3 atom stereocenters. The maximum absolute atomic E-state index is 6.08. The Morgan fingerprint density at radius 1 is 1.10 bits per heavy atom. The van der Waals surface area contributed by atoms with Crippen LogP contribution < -0.4 is 5.73 Å². The van der Waals surface area contributed by atoms with E-state index in [1.165, 1.54) is 41.9 Å². The predicted molar refractivity (Wildman–Crippen MR) is 85.2 cm³/mol. The molecule has 1 aliphatic carbocycles. The topological polar surface area (TPSA) is 35.2 Å². The van der Waals surface area contributed by atoms with Gasteiger partial charge in [0.05, 0.1) is 6.61 Å². The van der Waals surface area contributed by atoms with Crippen LogP contribution in [0.3, 0.4) is 0 Å². The number of fused-ring (bicyclic) bond motifs is 1. The maximum atomic E-state index is 6.08. The molecule has 0 saturated heterocycles. The van der Waals surface area contributed by atoms with Gasteiger partial charge in [0.15, 0.2) is 0 Å². The molecule has 1 aromatic rings. The second-order valence-electron chi connectivity index (χ2n) is 6.12. The summed E-state index contributed by atoms with van der Waals surface area (Å²) < 4.78 is 6.08. The van der Waals surface area contributed by atoms with Gasteiger partial charge in [-0.2, -0.15) is 0 Å². The molecule has 1 saturated carbocycles. The molecule has 110 valence electrons. The van der Waals surface area contributed by atoms with E-state index < -0.39 is 0 Å². The summed E-state index contributed by atoms with van der Waals surface area (Å²) in [5.74, 6) is 3.13. The molecule has 3 heteroatoms. The minimum atomic E-state index is 0.580. The lowest BCUT2D eigenvalue weighted by Gasteiger charge is -2.30. The molecule has 1 aliphatic heterocycles. The Kier molecular flexibility index (Phi) is 5.03. The standard InChI is InChI=1S/C17H25NOS/c18-9-13-5-1-2-6-14(13)10-19-11-15-12-20-17-8-4-3-7-16(15)17/h3-4,7-8,13-15H,1-2,5-6,9-12,18H2. The second-order valence-corrected chi connectivity index (χ2v) is 7.19. The smallest absolute Gasteiger partial charge is 0.0543 e. The number of nitrogens with two attached hydrogens (primary N) is 1. The average Bonchev–Trinajstić information content (AvgIpc) is 2.91. The molecular weight excluding hydrogens is 266 g/mol. The number of thioether (sulfide) groups is 1. The fraction of sp³-hybridized carbons (Fsp3) is 0.647. The van der Waals surface area contributed by atoms with Crippen LogP contribution in [0.25, 0.3) is 0 Å². The van der Waals surface area contributed by atoms with E-state index in [-0.39, 0.29) is 0 Å². The second kappa shape index (κ2) is 6.97. The van der Waals surface area contributed by atoms with E-state index in [1.807, 2.05) is 11.8 Å². The molecule has 2 nitrogen and oxygen atoms in total. The van der Waals surface area contributed by atoms with Gasteiger partial charge in [-0.3, -0.25) is 0 Å². The molecule has 0 aromatic heterocycles. The summed E-state index contributed by atoms with van der Waals surface area (Å²) in [6.45, 7) is 2.61. The molecule has 1 heterocycles. The summed E-state index contributed by atoms with van der Waals surface area (Å²) >= 11 is 1.97. The zero-order valence-corrected chi connectivity index (χ0v) is 12.9. The van der Waals surface area contributed by atoms with Gasteiger partial charge in [-0.05, 0) is 42.9 Å². The third-order valence-electron chi connectivity index (χ3n) is 4.82. The Morgan fingerprint density at radius 2 is 1.90 bits per heavy atom. The van der Waals surface area contributed by atoms with Crippen LogP contribution in [-0.2, 0) is 4.74 Å². The number of hydrogen-bond acceptors (Lipinski definition) is 3. The summed E-state index contributed by atoms with van der Waals surface area (Å²) in [4.78, 5) is 1.44. The number of rotatable bonds is 5. The number of benzene rings is 1. The highest BCUT2D eigenvalue weighted by molar-refractivity contribution is 7.99. The summed E-state index contributed by atoms with van der Waals surface area (Å²) in [6.07, 6.45) is 5.31. The Bertz CT molecular complexity index is 437. The van der Waals surface area contributed by atoms with Crippen molar-refractivity contribution in [3.05, 3.63) is 29.8 Å². The first-order valence-electron chi connectivity index (χ1n) is 7.88. The molecule has 3 unspecified atom stereocenters. The van der Waals surface area contributed by atoms with Gasteiger partial charge in [0.25, 0.3) is 0 Å². The normalized spacial score (nSPS) is 29.4. The van der Waals surface area contributed by atoms with E-state index in [9.17, 15) is 0 Å². The monoisotopic (exact) mass is 291 g/mol. The van der Waals surface area contributed by atoms with Gasteiger partial charge < -0.3 is 10.5 Å². The first-order valence-corrected chi connectivity index (χ1v) is 8.86. The zero-order chi connectivity index (χ0) is 13.8. The van der Waals surface area contributed by atoms with Gasteiger partial charge in [-0.15, -0.1) is 11.8 Å². The van der Waals surface area contributed by atoms with Crippen molar-refractivity contribution in [1.82, 2.24) is 0 Å². The molecule has 2 aliphatic rings. The van der Waals surface area contributed by atoms with Crippen molar-refractivity contribution in [3.63, 3.8) is 0 Å². The van der Waals surface area contributed by atoms with Crippen molar-refractivity contribution in [2.24, 2.45) is 17.6 Å². The van der Waals surface area contributed by atoms with E-state index in [0.717, 1.165) is 19.8 Å². The first-order chi connectivity index (χ1) is 9.88. The van der Waals surface area contributed by atoms with Crippen LogP contribution in [0.2, 0.25) is 0 Å². The first kappa shape index (κ1) is 14.4. The van der Waals surface area contributed by atoms with Crippen LogP contribution in [0.1, 0.15) is 37.2 Å². The van der Waals surface area contributed by atoms with Crippen molar-refractivity contribution in [2.45, 2.75) is 36.5 Å². The lowest BCUT2D eigenvalue weighted by atomic mass is 9.80. The molecular formula is C17H25NOS. The van der Waals surface area contributed by atoms with Gasteiger partial charge >= 0.3 is 0 Å². The lowest BCUT2D eigenvalue weighted by Crippen LogP contribution is -2.30. The summed E-state index contributed by atoms with van der Waals surface area (Å²) in [5, 5.41) is 0. The van der Waals surface area contributed by atoms with Crippen LogP contribution in [0, 0.1) is 11.8 Å². The van der Waals surface area contributed by atoms with Crippen LogP contribution in [0.4, 0.5) is 0 Å². The van der Waals surface area contributed by atoms with Crippen molar-refractivity contribution in [3.8, 4) is 0 Å². The van der Waals surface area contributed by atoms with Crippen molar-refractivity contribution in [1.29, 1.82) is 0 Å². The highest BCUT2D eigenvalue weighted by Crippen LogP contribution is 2.39. The largest absolute Gasteiger partial charge is 0.380 e. The summed E-state index contributed by atoms with van der Waals surface area (Å²) in [5.41, 5.74) is 7.37. The summed E-state index contributed by atoms with van der Waals surface area (Å²) in [7, 11) is 0. The predicted octanol–water partition coefficient (Wildman–Crippen LogP) is 3.66. The maximum Gasteiger partial charge on any atom is 0.0543 e. The van der Waals surface area contributed by atoms with Crippen LogP contribution in [-0.4, -0.2) is 25.5 Å². The van der Waals surface area contributed by atoms with Crippen molar-refractivity contribution >= 4 is 11.8 Å². The highest BCUT2D eigenvalue weighted by atomic mass is 32.2. The third kappa shape index (κ3) is 3.21. The van der Waals surface area contributed by atoms with Crippen LogP contribution >= 0.6 is 11.8 Å². The molecule has 0 radical (unpaired) electrons. The Morgan fingerprint density at radius 3 is 2.75 bits per heavy atom. The molecule has 0 spiro atoms.